The van der Waals surface area contributed by atoms with Crippen LogP contribution in [0.4, 0.5) is 0 Å². The van der Waals surface area contributed by atoms with Crippen molar-refractivity contribution in [3.8, 4) is 0 Å². The van der Waals surface area contributed by atoms with E-state index in [-0.39, 0.29) is 25.2 Å². The van der Waals surface area contributed by atoms with Crippen LogP contribution in [0.25, 0.3) is 0 Å². The Morgan fingerprint density at radius 3 is 1.06 bits per heavy atom. The summed E-state index contributed by atoms with van der Waals surface area (Å²) in [6, 6.07) is 0. The molecule has 0 aromatic carbocycles. The SMILES string of the molecule is CC/C=C\C/C=C\C/C=C\C/C=C\CCCCC(=O)OC[C@H](COC(=O)CCCCCCCCC/C=C\C/C=C\CCCCC)OCCCCCCCCCCCCCCCCCC. The zero-order valence-electron chi connectivity index (χ0n) is 42.5. The third-order valence-electron chi connectivity index (χ3n) is 11.8. The molecule has 0 saturated heterocycles. The average Bonchev–Trinajstić information content (AvgIpc) is 3.30. The van der Waals surface area contributed by atoms with E-state index in [1.165, 1.54) is 148 Å². The molecule has 0 amide bonds. The van der Waals surface area contributed by atoms with E-state index in [0.717, 1.165) is 83.5 Å². The minimum absolute atomic E-state index is 0.133. The quantitative estimate of drug-likeness (QED) is 0.0346. The number of rotatable bonds is 50. The molecule has 0 aromatic rings. The Bertz CT molecular complexity index is 1150. The van der Waals surface area contributed by atoms with Gasteiger partial charge >= 0.3 is 11.9 Å². The Hall–Kier alpha value is -2.66. The third kappa shape index (κ3) is 52.0. The van der Waals surface area contributed by atoms with Crippen LogP contribution in [0.3, 0.4) is 0 Å². The van der Waals surface area contributed by atoms with Crippen LogP contribution in [0.1, 0.15) is 265 Å². The van der Waals surface area contributed by atoms with E-state index < -0.39 is 6.10 Å². The maximum atomic E-state index is 12.6. The van der Waals surface area contributed by atoms with Crippen molar-refractivity contribution in [2.24, 2.45) is 0 Å². The lowest BCUT2D eigenvalue weighted by atomic mass is 10.0. The lowest BCUT2D eigenvalue weighted by Crippen LogP contribution is -2.29. The van der Waals surface area contributed by atoms with Gasteiger partial charge in [0.25, 0.3) is 0 Å². The van der Waals surface area contributed by atoms with Crippen molar-refractivity contribution < 1.29 is 23.8 Å². The molecular formula is C59H104O5. The van der Waals surface area contributed by atoms with E-state index >= 15 is 0 Å². The van der Waals surface area contributed by atoms with Crippen LogP contribution < -0.4 is 0 Å². The fraction of sp³-hybridized carbons (Fsp3) is 0.763. The Balaban J connectivity index is 4.32. The molecule has 0 unspecified atom stereocenters. The highest BCUT2D eigenvalue weighted by molar-refractivity contribution is 5.69. The topological polar surface area (TPSA) is 61.8 Å². The summed E-state index contributed by atoms with van der Waals surface area (Å²) in [7, 11) is 0. The first kappa shape index (κ1) is 61.3. The Kier molecular flexibility index (Phi) is 52.4. The van der Waals surface area contributed by atoms with Gasteiger partial charge in [-0.15, -0.1) is 0 Å². The van der Waals surface area contributed by atoms with Crippen molar-refractivity contribution in [3.05, 3.63) is 72.9 Å². The van der Waals surface area contributed by atoms with Crippen molar-refractivity contribution in [2.45, 2.75) is 271 Å². The first-order valence-electron chi connectivity index (χ1n) is 27.5. The van der Waals surface area contributed by atoms with E-state index in [1.54, 1.807) is 0 Å². The van der Waals surface area contributed by atoms with Gasteiger partial charge in [-0.25, -0.2) is 0 Å². The van der Waals surface area contributed by atoms with E-state index in [2.05, 4.69) is 93.7 Å². The lowest BCUT2D eigenvalue weighted by molar-refractivity contribution is -0.155. The maximum absolute atomic E-state index is 12.6. The van der Waals surface area contributed by atoms with Crippen molar-refractivity contribution in [1.82, 2.24) is 0 Å². The second-order valence-electron chi connectivity index (χ2n) is 18.1. The summed E-state index contributed by atoms with van der Waals surface area (Å²) in [5.74, 6) is -0.384. The first-order valence-corrected chi connectivity index (χ1v) is 27.5. The number of allylic oxidation sites excluding steroid dienone is 12. The van der Waals surface area contributed by atoms with Gasteiger partial charge in [-0.1, -0.05) is 235 Å². The molecule has 0 heterocycles. The van der Waals surface area contributed by atoms with Gasteiger partial charge in [-0.2, -0.15) is 0 Å². The third-order valence-corrected chi connectivity index (χ3v) is 11.8. The second kappa shape index (κ2) is 54.7. The molecule has 0 aliphatic heterocycles. The number of unbranched alkanes of at least 4 members (excludes halogenated alkanes) is 27. The smallest absolute Gasteiger partial charge is 0.305 e. The molecule has 0 rings (SSSR count). The fourth-order valence-electron chi connectivity index (χ4n) is 7.62. The average molecular weight is 893 g/mol. The van der Waals surface area contributed by atoms with Gasteiger partial charge in [-0.05, 0) is 89.9 Å². The molecule has 0 N–H and O–H groups in total. The minimum atomic E-state index is -0.421. The van der Waals surface area contributed by atoms with Crippen molar-refractivity contribution in [1.29, 1.82) is 0 Å². The molecule has 0 aliphatic carbocycles. The highest BCUT2D eigenvalue weighted by Gasteiger charge is 2.16. The number of hydrogen-bond donors (Lipinski definition) is 0. The van der Waals surface area contributed by atoms with Gasteiger partial charge in [0.05, 0.1) is 0 Å². The maximum Gasteiger partial charge on any atom is 0.305 e. The van der Waals surface area contributed by atoms with Gasteiger partial charge in [0.2, 0.25) is 0 Å². The molecule has 0 radical (unpaired) electrons. The van der Waals surface area contributed by atoms with Gasteiger partial charge in [0.15, 0.2) is 0 Å². The van der Waals surface area contributed by atoms with Gasteiger partial charge in [0, 0.05) is 19.4 Å². The summed E-state index contributed by atoms with van der Waals surface area (Å²) in [5.41, 5.74) is 0. The van der Waals surface area contributed by atoms with Crippen LogP contribution in [0, 0.1) is 0 Å². The van der Waals surface area contributed by atoms with E-state index in [4.69, 9.17) is 14.2 Å². The summed E-state index contributed by atoms with van der Waals surface area (Å²) >= 11 is 0. The number of ether oxygens (including phenoxy) is 3. The molecule has 0 fully saturated rings. The summed E-state index contributed by atoms with van der Waals surface area (Å²) < 4.78 is 17.4. The molecule has 370 valence electrons. The van der Waals surface area contributed by atoms with Crippen LogP contribution >= 0.6 is 0 Å². The fourth-order valence-corrected chi connectivity index (χ4v) is 7.62. The summed E-state index contributed by atoms with van der Waals surface area (Å²) in [6.07, 6.45) is 70.8. The number of carbonyl (C=O) groups is 2. The zero-order chi connectivity index (χ0) is 46.3. The molecule has 0 spiro atoms. The molecule has 64 heavy (non-hydrogen) atoms. The van der Waals surface area contributed by atoms with Crippen LogP contribution in [0.15, 0.2) is 72.9 Å². The highest BCUT2D eigenvalue weighted by atomic mass is 16.6. The summed E-state index contributed by atoms with van der Waals surface area (Å²) in [4.78, 5) is 25.2. The van der Waals surface area contributed by atoms with Crippen molar-refractivity contribution in [3.63, 3.8) is 0 Å². The number of esters is 2. The standard InChI is InChI=1S/C59H104O5/c1-4-7-10-13-16-19-22-25-28-30-32-35-38-41-44-47-50-53-59(61)64-56-57(62-54-51-48-45-42-39-36-33-29-26-23-20-17-14-11-8-5-2)55-63-58(60)52-49-46-43-40-37-34-31-27-24-21-18-15-12-9-6-3/h9,12,16,18-19,21,25,27-28,31,37,40,57H,4-8,10-11,13-15,17,20,22-24,26,29-30,32-36,38-39,41-56H2,1-3H3/b12-9-,19-16-,21-18-,28-25-,31-27-,40-37-/t57-/m1/s1. The Labute approximate surface area is 397 Å². The highest BCUT2D eigenvalue weighted by Crippen LogP contribution is 2.15. The normalized spacial score (nSPS) is 12.7. The van der Waals surface area contributed by atoms with Gasteiger partial charge in [-0.3, -0.25) is 9.59 Å². The Morgan fingerprint density at radius 2 is 0.641 bits per heavy atom. The van der Waals surface area contributed by atoms with E-state index in [1.807, 2.05) is 0 Å². The Morgan fingerprint density at radius 1 is 0.344 bits per heavy atom. The van der Waals surface area contributed by atoms with Crippen LogP contribution in [0.2, 0.25) is 0 Å². The monoisotopic (exact) mass is 893 g/mol. The first-order chi connectivity index (χ1) is 31.6. The summed E-state index contributed by atoms with van der Waals surface area (Å²) in [5, 5.41) is 0. The molecular weight excluding hydrogens is 789 g/mol. The predicted octanol–water partition coefficient (Wildman–Crippen LogP) is 18.7. The van der Waals surface area contributed by atoms with E-state index in [0.29, 0.717) is 19.4 Å². The zero-order valence-corrected chi connectivity index (χ0v) is 42.5. The molecule has 0 aromatic heterocycles. The lowest BCUT2D eigenvalue weighted by Gasteiger charge is -2.18. The molecule has 0 aliphatic rings. The minimum Gasteiger partial charge on any atom is -0.463 e. The van der Waals surface area contributed by atoms with Crippen LogP contribution in [-0.4, -0.2) is 37.9 Å². The second-order valence-corrected chi connectivity index (χ2v) is 18.1. The molecule has 1 atom stereocenters. The summed E-state index contributed by atoms with van der Waals surface area (Å²) in [6.45, 7) is 7.56. The molecule has 0 saturated carbocycles. The largest absolute Gasteiger partial charge is 0.463 e. The van der Waals surface area contributed by atoms with Crippen molar-refractivity contribution in [2.75, 3.05) is 19.8 Å². The molecule has 0 bridgehead atoms. The molecule has 5 nitrogen and oxygen atoms in total. The van der Waals surface area contributed by atoms with Gasteiger partial charge < -0.3 is 14.2 Å². The number of carbonyl (C=O) groups excluding carboxylic acids is 2. The molecule has 5 heteroatoms. The predicted molar refractivity (Wildman–Crippen MR) is 279 cm³/mol. The number of hydrogen-bond acceptors (Lipinski definition) is 5. The van der Waals surface area contributed by atoms with Crippen LogP contribution in [-0.2, 0) is 23.8 Å². The van der Waals surface area contributed by atoms with Crippen molar-refractivity contribution >= 4 is 11.9 Å². The van der Waals surface area contributed by atoms with Gasteiger partial charge in [0.1, 0.15) is 19.3 Å². The van der Waals surface area contributed by atoms with E-state index in [9.17, 15) is 9.59 Å². The van der Waals surface area contributed by atoms with Crippen LogP contribution in [0.5, 0.6) is 0 Å².